The fourth-order valence-corrected chi connectivity index (χ4v) is 8.77. The Bertz CT molecular complexity index is 3400. The highest BCUT2D eigenvalue weighted by Crippen LogP contribution is 2.39. The van der Waals surface area contributed by atoms with Gasteiger partial charge < -0.3 is 13.7 Å². The summed E-state index contributed by atoms with van der Waals surface area (Å²) in [5, 5.41) is 27.1. The van der Waals surface area contributed by atoms with Crippen LogP contribution >= 0.6 is 0 Å². The summed E-state index contributed by atoms with van der Waals surface area (Å²) in [5.74, 6) is 0. The summed E-state index contributed by atoms with van der Waals surface area (Å²) >= 11 is 0. The van der Waals surface area contributed by atoms with Gasteiger partial charge in [0.15, 0.2) is 0 Å². The third-order valence-corrected chi connectivity index (χ3v) is 11.1. The summed E-state index contributed by atoms with van der Waals surface area (Å²) in [7, 11) is 0. The van der Waals surface area contributed by atoms with E-state index in [9.17, 15) is 10.5 Å². The normalized spacial score (nSPS) is 11.6. The average molecular weight is 700 g/mol. The van der Waals surface area contributed by atoms with E-state index in [1.807, 2.05) is 36.4 Å². The van der Waals surface area contributed by atoms with Gasteiger partial charge in [0, 0.05) is 54.9 Å². The van der Waals surface area contributed by atoms with E-state index in [0.717, 1.165) is 61.0 Å². The van der Waals surface area contributed by atoms with Crippen LogP contribution in [0, 0.1) is 22.7 Å². The first-order valence-electron chi connectivity index (χ1n) is 18.3. The smallest absolute Gasteiger partial charge is 0.0998 e. The summed E-state index contributed by atoms with van der Waals surface area (Å²) in [4.78, 5) is 0. The predicted molar refractivity (Wildman–Crippen MR) is 224 cm³/mol. The summed E-state index contributed by atoms with van der Waals surface area (Å²) in [6, 6.07) is 66.0. The zero-order valence-corrected chi connectivity index (χ0v) is 29.5. The number of nitriles is 2. The number of benzene rings is 8. The molecule has 11 aromatic rings. The maximum absolute atomic E-state index is 10.3. The highest BCUT2D eigenvalue weighted by molar-refractivity contribution is 6.13. The quantitative estimate of drug-likeness (QED) is 0.184. The Morgan fingerprint density at radius 2 is 0.782 bits per heavy atom. The van der Waals surface area contributed by atoms with Crippen molar-refractivity contribution >= 4 is 65.4 Å². The van der Waals surface area contributed by atoms with Crippen LogP contribution in [-0.2, 0) is 0 Å². The number of hydrogen-bond acceptors (Lipinski definition) is 2. The van der Waals surface area contributed by atoms with Crippen LogP contribution in [0.2, 0.25) is 0 Å². The lowest BCUT2D eigenvalue weighted by atomic mass is 9.99. The highest BCUT2D eigenvalue weighted by atomic mass is 15.0. The maximum Gasteiger partial charge on any atom is 0.0998 e. The Hall–Kier alpha value is -7.86. The molecule has 3 heterocycles. The van der Waals surface area contributed by atoms with E-state index in [0.29, 0.717) is 11.1 Å². The fraction of sp³-hybridized carbons (Fsp3) is 0. The molecule has 254 valence electrons. The maximum atomic E-state index is 10.3. The first-order chi connectivity index (χ1) is 27.2. The third-order valence-electron chi connectivity index (χ3n) is 11.1. The highest BCUT2D eigenvalue weighted by Gasteiger charge is 2.19. The summed E-state index contributed by atoms with van der Waals surface area (Å²) < 4.78 is 6.90. The molecule has 0 radical (unpaired) electrons. The molecule has 0 fully saturated rings. The van der Waals surface area contributed by atoms with Crippen molar-refractivity contribution in [2.75, 3.05) is 0 Å². The minimum atomic E-state index is 0.600. The van der Waals surface area contributed by atoms with Crippen molar-refractivity contribution < 1.29 is 0 Å². The predicted octanol–water partition coefficient (Wildman–Crippen LogP) is 12.4. The van der Waals surface area contributed by atoms with Crippen LogP contribution in [0.5, 0.6) is 0 Å². The summed E-state index contributed by atoms with van der Waals surface area (Å²) in [6.45, 7) is 0. The number of hydrogen-bond donors (Lipinski definition) is 0. The molecular weight excluding hydrogens is 671 g/mol. The van der Waals surface area contributed by atoms with Gasteiger partial charge in [0.1, 0.15) is 0 Å². The Morgan fingerprint density at radius 1 is 0.327 bits per heavy atom. The van der Waals surface area contributed by atoms with E-state index in [1.54, 1.807) is 0 Å². The number of aromatic nitrogens is 3. The van der Waals surface area contributed by atoms with Gasteiger partial charge in [-0.15, -0.1) is 0 Å². The molecule has 0 amide bonds. The van der Waals surface area contributed by atoms with Crippen molar-refractivity contribution in [1.82, 2.24) is 13.7 Å². The number of para-hydroxylation sites is 4. The van der Waals surface area contributed by atoms with Gasteiger partial charge >= 0.3 is 0 Å². The third kappa shape index (κ3) is 4.45. The van der Waals surface area contributed by atoms with Gasteiger partial charge in [-0.2, -0.15) is 10.5 Å². The monoisotopic (exact) mass is 699 g/mol. The van der Waals surface area contributed by atoms with Crippen molar-refractivity contribution in [1.29, 1.82) is 10.5 Å². The molecular formula is C50H29N5. The number of rotatable bonds is 4. The molecule has 55 heavy (non-hydrogen) atoms. The molecule has 0 bridgehead atoms. The van der Waals surface area contributed by atoms with Crippen molar-refractivity contribution in [3.8, 4) is 40.3 Å². The van der Waals surface area contributed by atoms with E-state index in [1.165, 1.54) is 32.6 Å². The van der Waals surface area contributed by atoms with Crippen LogP contribution in [0.25, 0.3) is 93.6 Å². The lowest BCUT2D eigenvalue weighted by molar-refractivity contribution is 1.15. The van der Waals surface area contributed by atoms with Gasteiger partial charge in [-0.3, -0.25) is 0 Å². The Morgan fingerprint density at radius 3 is 1.40 bits per heavy atom. The molecule has 0 atom stereocenters. The van der Waals surface area contributed by atoms with Crippen molar-refractivity contribution in [2.24, 2.45) is 0 Å². The van der Waals surface area contributed by atoms with Crippen molar-refractivity contribution in [2.45, 2.75) is 0 Å². The van der Waals surface area contributed by atoms with Gasteiger partial charge in [-0.1, -0.05) is 97.1 Å². The van der Waals surface area contributed by atoms with Crippen LogP contribution in [-0.4, -0.2) is 13.7 Å². The molecule has 0 aliphatic heterocycles. The number of nitrogens with zero attached hydrogens (tertiary/aromatic N) is 5. The SMILES string of the molecule is N#Cc1ccc(-n2c3ccccc3c3c(C#N)cccc32)cc1-c1ccc(-n2c3ccccc3c3ccc(-n4c5ccccc5c5ccccc54)cc32)cc1. The van der Waals surface area contributed by atoms with Crippen LogP contribution in [0.1, 0.15) is 11.1 Å². The van der Waals surface area contributed by atoms with Crippen LogP contribution < -0.4 is 0 Å². The molecule has 3 aromatic heterocycles. The van der Waals surface area contributed by atoms with Gasteiger partial charge in [0.25, 0.3) is 0 Å². The second-order valence-electron chi connectivity index (χ2n) is 14.0. The first-order valence-corrected chi connectivity index (χ1v) is 18.3. The molecule has 0 aliphatic carbocycles. The average Bonchev–Trinajstić information content (AvgIpc) is 3.89. The van der Waals surface area contributed by atoms with E-state index in [2.05, 4.69) is 165 Å². The zero-order chi connectivity index (χ0) is 36.6. The van der Waals surface area contributed by atoms with Crippen LogP contribution in [0.15, 0.2) is 176 Å². The molecule has 0 saturated heterocycles. The Labute approximate surface area is 316 Å². The Kier molecular flexibility index (Phi) is 6.61. The van der Waals surface area contributed by atoms with Gasteiger partial charge in [-0.05, 0) is 84.4 Å². The molecule has 0 aliphatic rings. The lowest BCUT2D eigenvalue weighted by Gasteiger charge is -2.14. The van der Waals surface area contributed by atoms with Crippen LogP contribution in [0.4, 0.5) is 0 Å². The van der Waals surface area contributed by atoms with Crippen molar-refractivity contribution in [3.05, 3.63) is 187 Å². The molecule has 5 heteroatoms. The van der Waals surface area contributed by atoms with E-state index >= 15 is 0 Å². The van der Waals surface area contributed by atoms with Gasteiger partial charge in [0.2, 0.25) is 0 Å². The number of fused-ring (bicyclic) bond motifs is 9. The van der Waals surface area contributed by atoms with E-state index in [-0.39, 0.29) is 0 Å². The van der Waals surface area contributed by atoms with Crippen LogP contribution in [0.3, 0.4) is 0 Å². The van der Waals surface area contributed by atoms with E-state index < -0.39 is 0 Å². The van der Waals surface area contributed by atoms with E-state index in [4.69, 9.17) is 0 Å². The Balaban J connectivity index is 1.08. The molecule has 0 N–H and O–H groups in total. The fourth-order valence-electron chi connectivity index (χ4n) is 8.77. The second-order valence-corrected chi connectivity index (χ2v) is 14.0. The molecule has 5 nitrogen and oxygen atoms in total. The molecule has 0 unspecified atom stereocenters. The van der Waals surface area contributed by atoms with Gasteiger partial charge in [-0.25, -0.2) is 0 Å². The lowest BCUT2D eigenvalue weighted by Crippen LogP contribution is -1.98. The minimum Gasteiger partial charge on any atom is -0.309 e. The molecule has 0 saturated carbocycles. The van der Waals surface area contributed by atoms with Gasteiger partial charge in [0.05, 0.1) is 56.4 Å². The zero-order valence-electron chi connectivity index (χ0n) is 29.5. The molecule has 0 spiro atoms. The largest absolute Gasteiger partial charge is 0.309 e. The standard InChI is InChI=1S/C50H29N5/c51-30-33-22-25-36(55-47-18-8-4-14-42(47)50-34(31-52)10-9-19-48(50)55)28-43(33)32-20-23-35(24-21-32)53-44-15-5-3-13-40(44)41-27-26-37(29-49(41)53)54-45-16-6-1-11-38(45)39-12-2-7-17-46(39)54/h1-29H. The summed E-state index contributed by atoms with van der Waals surface area (Å²) in [6.07, 6.45) is 0. The first kappa shape index (κ1) is 30.7. The summed E-state index contributed by atoms with van der Waals surface area (Å²) in [5.41, 5.74) is 12.7. The minimum absolute atomic E-state index is 0.600. The molecule has 11 rings (SSSR count). The van der Waals surface area contributed by atoms with Crippen molar-refractivity contribution in [3.63, 3.8) is 0 Å². The topological polar surface area (TPSA) is 62.4 Å². The molecule has 8 aromatic carbocycles. The second kappa shape index (κ2) is 11.8.